The number of aliphatic hydroxyl groups excluding tert-OH is 2. The largest absolute Gasteiger partial charge is 0.508 e. The molecule has 0 fully saturated rings. The Morgan fingerprint density at radius 2 is 0.838 bits per heavy atom. The maximum absolute atomic E-state index is 15.0. The first-order valence-electron chi connectivity index (χ1n) is 37.2. The second kappa shape index (κ2) is 50.1. The van der Waals surface area contributed by atoms with Gasteiger partial charge in [-0.3, -0.25) is 57.9 Å². The van der Waals surface area contributed by atoms with Crippen LogP contribution in [0.1, 0.15) is 201 Å². The van der Waals surface area contributed by atoms with Crippen molar-refractivity contribution >= 4 is 71.0 Å². The van der Waals surface area contributed by atoms with E-state index in [4.69, 9.17) is 22.9 Å². The number of aliphatic imine (C=N–C) groups is 2. The number of unbranched alkanes of at least 4 members (excludes halogenated alkanes) is 12. The minimum absolute atomic E-state index is 0.00398. The van der Waals surface area contributed by atoms with E-state index in [2.05, 4.69) is 80.0 Å². The highest BCUT2D eigenvalue weighted by molar-refractivity contribution is 5.99. The fourth-order valence-electron chi connectivity index (χ4n) is 11.4. The third-order valence-corrected chi connectivity index (χ3v) is 17.6. The monoisotopic (exact) mass is 1470 g/mol. The molecule has 0 radical (unpaired) electrons. The van der Waals surface area contributed by atoms with E-state index in [1.54, 1.807) is 56.3 Å². The summed E-state index contributed by atoms with van der Waals surface area (Å²) < 4.78 is 0. The van der Waals surface area contributed by atoms with Gasteiger partial charge in [0.15, 0.2) is 11.9 Å². The van der Waals surface area contributed by atoms with Gasteiger partial charge in [-0.2, -0.15) is 0 Å². The molecule has 0 saturated heterocycles. The van der Waals surface area contributed by atoms with Crippen LogP contribution in [0.5, 0.6) is 5.75 Å². The van der Waals surface area contributed by atoms with Gasteiger partial charge in [0, 0.05) is 50.7 Å². The van der Waals surface area contributed by atoms with Crippen LogP contribution in [0.15, 0.2) is 77.1 Å². The van der Waals surface area contributed by atoms with Crippen molar-refractivity contribution in [1.82, 2.24) is 63.1 Å². The molecule has 0 aliphatic heterocycles. The van der Waals surface area contributed by atoms with E-state index in [1.165, 1.54) is 96.8 Å². The van der Waals surface area contributed by atoms with Crippen molar-refractivity contribution in [2.75, 3.05) is 19.7 Å². The van der Waals surface area contributed by atoms with Gasteiger partial charge >= 0.3 is 0 Å². The number of phenols is 1. The molecule has 1 aromatic heterocycles. The minimum Gasteiger partial charge on any atom is -0.508 e. The lowest BCUT2D eigenvalue weighted by Gasteiger charge is -2.28. The SMILES string of the molecule is CCCCCCCCCCCCCCCC(=O)N[C@@H](CC(C)C)C(=O)N[C@@H](C)C(=O)N[C@@H](Cc1ccc(O)cc1)C(=O)N[C@@H](Cc1ccccc1)C(=O)N[C@@H](CCCN=C(N)N)C(=O)N[C@@H](CCCN=C(N)N)C(=O)N[C@@H](CC(C)C)C(=O)N[C@@H](Cc1cnc[nH]1)C(=O)N[C@@H](CO)C(=O)N[C@H](C)[C@@H](C)O. The highest BCUT2D eigenvalue weighted by Crippen LogP contribution is 2.17. The van der Waals surface area contributed by atoms with Crippen molar-refractivity contribution < 1.29 is 63.3 Å². The minimum atomic E-state index is -1.50. The van der Waals surface area contributed by atoms with E-state index in [9.17, 15) is 58.5 Å². The van der Waals surface area contributed by atoms with E-state index < -0.39 is 126 Å². The van der Waals surface area contributed by atoms with E-state index >= 15 is 4.79 Å². The summed E-state index contributed by atoms with van der Waals surface area (Å²) >= 11 is 0. The molecule has 0 unspecified atom stereocenters. The number of aromatic nitrogens is 2. The molecule has 0 spiro atoms. The second-order valence-corrected chi connectivity index (χ2v) is 28.0. The maximum atomic E-state index is 15.0. The number of aliphatic hydroxyl groups is 2. The van der Waals surface area contributed by atoms with Gasteiger partial charge in [0.2, 0.25) is 59.1 Å². The van der Waals surface area contributed by atoms with Gasteiger partial charge in [-0.15, -0.1) is 0 Å². The third-order valence-electron chi connectivity index (χ3n) is 17.6. The predicted molar refractivity (Wildman–Crippen MR) is 403 cm³/mol. The van der Waals surface area contributed by atoms with Crippen LogP contribution in [0.4, 0.5) is 0 Å². The summed E-state index contributed by atoms with van der Waals surface area (Å²) in [6, 6.07) is 1.37. The number of nitrogens with one attached hydrogen (secondary N) is 11. The highest BCUT2D eigenvalue weighted by atomic mass is 16.3. The lowest BCUT2D eigenvalue weighted by molar-refractivity contribution is -0.136. The first-order valence-corrected chi connectivity index (χ1v) is 37.2. The van der Waals surface area contributed by atoms with Crippen LogP contribution in [0.3, 0.4) is 0 Å². The molecular formula is C74H122N18O13. The standard InChI is InChI=1S/C74H122N18O13/c1-9-10-11-12-13-14-15-16-17-18-19-20-24-31-63(96)85-57(38-46(2)3)67(100)84-49(7)64(97)88-59(41-52-32-34-54(95)35-33-52)70(103)90-60(40-51-27-22-21-23-28-51)69(102)87-55(29-25-36-80-73(75)76)65(98)86-56(30-26-37-81-74(77)78)66(99)89-58(39-47(4)5)68(101)91-61(42-53-43-79-45-82-53)71(104)92-62(44-93)72(105)83-48(6)50(8)94/h21-23,27-28,32-35,43,45-50,55-62,93-95H,9-20,24-26,29-31,36-42,44H2,1-8H3,(H,79,82)(H,83,105)(H,84,100)(H,85,96)(H,86,98)(H,87,102)(H,88,97)(H,89,99)(H,90,103)(H,91,101)(H,92,104)(H4,75,76,80)(H4,77,78,81)/t48-,49+,50-,55+,56+,57+,58+,59+,60+,61+,62+/m1/s1. The van der Waals surface area contributed by atoms with E-state index in [0.29, 0.717) is 23.2 Å². The molecule has 11 atom stereocenters. The zero-order valence-corrected chi connectivity index (χ0v) is 62.8. The van der Waals surface area contributed by atoms with Gasteiger partial charge in [0.1, 0.15) is 60.1 Å². The van der Waals surface area contributed by atoms with Gasteiger partial charge in [0.05, 0.1) is 25.1 Å². The Hall–Kier alpha value is -9.39. The molecule has 105 heavy (non-hydrogen) atoms. The number of H-pyrrole nitrogens is 1. The lowest BCUT2D eigenvalue weighted by Crippen LogP contribution is -2.61. The van der Waals surface area contributed by atoms with Crippen molar-refractivity contribution in [2.45, 2.75) is 270 Å². The number of imidazole rings is 1. The van der Waals surface area contributed by atoms with Crippen LogP contribution in [-0.2, 0) is 67.2 Å². The second-order valence-electron chi connectivity index (χ2n) is 28.0. The highest BCUT2D eigenvalue weighted by Gasteiger charge is 2.36. The summed E-state index contributed by atoms with van der Waals surface area (Å²) in [5.74, 6) is -8.59. The summed E-state index contributed by atoms with van der Waals surface area (Å²) in [7, 11) is 0. The van der Waals surface area contributed by atoms with Crippen LogP contribution in [0.25, 0.3) is 0 Å². The zero-order valence-electron chi connectivity index (χ0n) is 62.8. The van der Waals surface area contributed by atoms with Crippen LogP contribution in [0.2, 0.25) is 0 Å². The number of guanidine groups is 2. The van der Waals surface area contributed by atoms with Crippen molar-refractivity contribution in [1.29, 1.82) is 0 Å². The predicted octanol–water partition coefficient (Wildman–Crippen LogP) is 2.08. The molecule has 0 aliphatic rings. The number of phenolic OH excluding ortho intramolecular Hbond substituents is 1. The first-order chi connectivity index (χ1) is 50.0. The number of carbonyl (C=O) groups excluding carboxylic acids is 10. The number of nitrogens with two attached hydrogens (primary N) is 4. The molecule has 2 aromatic carbocycles. The maximum Gasteiger partial charge on any atom is 0.245 e. The number of aromatic hydroxyl groups is 1. The summed E-state index contributed by atoms with van der Waals surface area (Å²) in [6.07, 6.45) is 16.7. The Morgan fingerprint density at radius 1 is 0.448 bits per heavy atom. The molecule has 3 rings (SSSR count). The number of benzene rings is 2. The van der Waals surface area contributed by atoms with Crippen LogP contribution < -0.4 is 76.1 Å². The average molecular weight is 1470 g/mol. The van der Waals surface area contributed by atoms with Crippen LogP contribution in [-0.4, -0.2) is 182 Å². The summed E-state index contributed by atoms with van der Waals surface area (Å²) in [4.78, 5) is 158. The molecule has 0 bridgehead atoms. The molecule has 31 nitrogen and oxygen atoms in total. The van der Waals surface area contributed by atoms with Crippen molar-refractivity contribution in [3.63, 3.8) is 0 Å². The normalized spacial score (nSPS) is 14.4. The summed E-state index contributed by atoms with van der Waals surface area (Å²) in [5.41, 5.74) is 24.0. The Balaban J connectivity index is 1.95. The Morgan fingerprint density at radius 3 is 1.29 bits per heavy atom. The van der Waals surface area contributed by atoms with Gasteiger partial charge in [0.25, 0.3) is 0 Å². The summed E-state index contributed by atoms with van der Waals surface area (Å²) in [5, 5.41) is 57.3. The smallest absolute Gasteiger partial charge is 0.245 e. The van der Waals surface area contributed by atoms with Gasteiger partial charge in [-0.25, -0.2) is 4.98 Å². The van der Waals surface area contributed by atoms with Gasteiger partial charge in [-0.1, -0.05) is 154 Å². The van der Waals surface area contributed by atoms with Crippen molar-refractivity contribution in [2.24, 2.45) is 44.8 Å². The first kappa shape index (κ1) is 89.8. The Kier molecular flexibility index (Phi) is 42.9. The zero-order chi connectivity index (χ0) is 77.8. The fourth-order valence-corrected chi connectivity index (χ4v) is 11.4. The molecule has 0 saturated carbocycles. The van der Waals surface area contributed by atoms with Crippen LogP contribution in [0, 0.1) is 11.8 Å². The summed E-state index contributed by atoms with van der Waals surface area (Å²) in [6.45, 7) is 13.1. The number of aromatic amines is 1. The van der Waals surface area contributed by atoms with Crippen molar-refractivity contribution in [3.8, 4) is 5.75 Å². The molecule has 3 aromatic rings. The molecule has 22 N–H and O–H groups in total. The van der Waals surface area contributed by atoms with Gasteiger partial charge < -0.3 is 96.4 Å². The van der Waals surface area contributed by atoms with E-state index in [0.717, 1.165) is 25.7 Å². The molecule has 1 heterocycles. The van der Waals surface area contributed by atoms with E-state index in [1.807, 2.05) is 13.8 Å². The number of rotatable bonds is 53. The van der Waals surface area contributed by atoms with Crippen molar-refractivity contribution in [3.05, 3.63) is 83.9 Å². The van der Waals surface area contributed by atoms with E-state index in [-0.39, 0.29) is 113 Å². The Labute approximate surface area is 618 Å². The van der Waals surface area contributed by atoms with Crippen LogP contribution >= 0.6 is 0 Å². The number of hydrogen-bond donors (Lipinski definition) is 18. The molecule has 10 amide bonds. The fraction of sp³-hybridized carbons (Fsp3) is 0.635. The lowest BCUT2D eigenvalue weighted by atomic mass is 10.0. The quantitative estimate of drug-likeness (QED) is 0.0218. The average Bonchev–Trinajstić information content (AvgIpc) is 1.11. The number of hydrogen-bond acceptors (Lipinski definition) is 16. The number of carbonyl (C=O) groups is 10. The topological polar surface area (TPSA) is 509 Å². The molecular weight excluding hydrogens is 1350 g/mol. The number of amides is 10. The van der Waals surface area contributed by atoms with Gasteiger partial charge in [-0.05, 0) is 101 Å². The number of nitrogens with zero attached hydrogens (tertiary/aromatic N) is 3. The molecule has 0 aliphatic carbocycles. The molecule has 31 heteroatoms. The Bertz CT molecular complexity index is 3170. The third kappa shape index (κ3) is 37.8. The molecule has 586 valence electrons.